The SMILES string of the molecule is Cc1cc(C)c2nc(N(CCCN(C)C)C(=O)CCS(=O)(=O)c3ccccc3)sc2c1.Cl. The molecule has 0 N–H and O–H groups in total. The lowest BCUT2D eigenvalue weighted by Crippen LogP contribution is -2.34. The van der Waals surface area contributed by atoms with Crippen molar-refractivity contribution in [3.63, 3.8) is 0 Å². The Morgan fingerprint density at radius 1 is 1.06 bits per heavy atom. The van der Waals surface area contributed by atoms with Gasteiger partial charge in [-0.15, -0.1) is 12.4 Å². The van der Waals surface area contributed by atoms with Gasteiger partial charge in [-0.05, 0) is 70.2 Å². The molecule has 0 atom stereocenters. The van der Waals surface area contributed by atoms with Crippen molar-refractivity contribution in [2.75, 3.05) is 37.8 Å². The molecule has 0 aliphatic carbocycles. The van der Waals surface area contributed by atoms with Crippen LogP contribution in [0.15, 0.2) is 47.4 Å². The minimum absolute atomic E-state index is 0. The highest BCUT2D eigenvalue weighted by atomic mass is 35.5. The number of halogens is 1. The fourth-order valence-corrected chi connectivity index (χ4v) is 5.88. The van der Waals surface area contributed by atoms with Crippen LogP contribution >= 0.6 is 23.7 Å². The van der Waals surface area contributed by atoms with Gasteiger partial charge >= 0.3 is 0 Å². The second-order valence-corrected chi connectivity index (χ2v) is 11.1. The maximum atomic E-state index is 13.1. The van der Waals surface area contributed by atoms with E-state index in [2.05, 4.69) is 17.0 Å². The Morgan fingerprint density at radius 3 is 2.41 bits per heavy atom. The summed E-state index contributed by atoms with van der Waals surface area (Å²) in [6, 6.07) is 12.4. The number of aryl methyl sites for hydroxylation is 2. The van der Waals surface area contributed by atoms with E-state index in [4.69, 9.17) is 4.98 Å². The van der Waals surface area contributed by atoms with E-state index in [1.54, 1.807) is 35.2 Å². The van der Waals surface area contributed by atoms with Gasteiger partial charge in [-0.3, -0.25) is 9.69 Å². The molecule has 174 valence electrons. The van der Waals surface area contributed by atoms with Gasteiger partial charge in [0.25, 0.3) is 0 Å². The highest BCUT2D eigenvalue weighted by molar-refractivity contribution is 7.91. The van der Waals surface area contributed by atoms with Crippen LogP contribution in [0.3, 0.4) is 0 Å². The fraction of sp³-hybridized carbons (Fsp3) is 0.391. The van der Waals surface area contributed by atoms with E-state index in [1.165, 1.54) is 11.3 Å². The summed E-state index contributed by atoms with van der Waals surface area (Å²) in [5.41, 5.74) is 3.12. The van der Waals surface area contributed by atoms with Crippen molar-refractivity contribution in [3.8, 4) is 0 Å². The molecule has 0 fully saturated rings. The monoisotopic (exact) mass is 495 g/mol. The molecule has 9 heteroatoms. The zero-order valence-corrected chi connectivity index (χ0v) is 21.3. The van der Waals surface area contributed by atoms with Gasteiger partial charge in [-0.2, -0.15) is 0 Å². The summed E-state index contributed by atoms with van der Waals surface area (Å²) in [6.45, 7) is 5.39. The van der Waals surface area contributed by atoms with Crippen molar-refractivity contribution in [1.82, 2.24) is 9.88 Å². The second kappa shape index (κ2) is 11.2. The van der Waals surface area contributed by atoms with Crippen LogP contribution in [-0.4, -0.2) is 57.1 Å². The number of carbonyl (C=O) groups is 1. The van der Waals surface area contributed by atoms with Crippen LogP contribution in [0.25, 0.3) is 10.2 Å². The molecule has 0 bridgehead atoms. The van der Waals surface area contributed by atoms with E-state index >= 15 is 0 Å². The Hall–Kier alpha value is -2.00. The zero-order chi connectivity index (χ0) is 22.6. The van der Waals surface area contributed by atoms with Gasteiger partial charge in [0.1, 0.15) is 0 Å². The van der Waals surface area contributed by atoms with Crippen LogP contribution in [0, 0.1) is 13.8 Å². The Labute approximate surface area is 200 Å². The third-order valence-electron chi connectivity index (χ3n) is 5.02. The first kappa shape index (κ1) is 26.3. The molecule has 1 amide bonds. The van der Waals surface area contributed by atoms with Crippen molar-refractivity contribution < 1.29 is 13.2 Å². The zero-order valence-electron chi connectivity index (χ0n) is 18.9. The third kappa shape index (κ3) is 6.51. The molecule has 6 nitrogen and oxygen atoms in total. The van der Waals surface area contributed by atoms with Gasteiger partial charge in [0.2, 0.25) is 5.91 Å². The summed E-state index contributed by atoms with van der Waals surface area (Å²) < 4.78 is 26.3. The number of hydrogen-bond donors (Lipinski definition) is 0. The number of thiazole rings is 1. The number of aromatic nitrogens is 1. The number of nitrogens with zero attached hydrogens (tertiary/aromatic N) is 3. The van der Waals surface area contributed by atoms with Crippen LogP contribution in [0.2, 0.25) is 0 Å². The molecule has 0 saturated carbocycles. The number of carbonyl (C=O) groups excluding carboxylic acids is 1. The molecule has 0 saturated heterocycles. The van der Waals surface area contributed by atoms with Gasteiger partial charge in [0.15, 0.2) is 15.0 Å². The molecule has 1 heterocycles. The largest absolute Gasteiger partial charge is 0.309 e. The molecule has 0 spiro atoms. The highest BCUT2D eigenvalue weighted by Crippen LogP contribution is 2.32. The van der Waals surface area contributed by atoms with Crippen LogP contribution in [0.5, 0.6) is 0 Å². The molecule has 0 unspecified atom stereocenters. The van der Waals surface area contributed by atoms with E-state index < -0.39 is 9.84 Å². The van der Waals surface area contributed by atoms with Gasteiger partial charge in [-0.1, -0.05) is 35.6 Å². The average molecular weight is 496 g/mol. The Morgan fingerprint density at radius 2 is 1.75 bits per heavy atom. The molecule has 2 aromatic carbocycles. The molecule has 3 aromatic rings. The van der Waals surface area contributed by atoms with Crippen molar-refractivity contribution in [2.45, 2.75) is 31.6 Å². The maximum Gasteiger partial charge on any atom is 0.229 e. The quantitative estimate of drug-likeness (QED) is 0.437. The summed E-state index contributed by atoms with van der Waals surface area (Å²) in [4.78, 5) is 21.8. The minimum atomic E-state index is -3.51. The number of fused-ring (bicyclic) bond motifs is 1. The molecule has 0 aliphatic rings. The number of amides is 1. The van der Waals surface area contributed by atoms with Crippen molar-refractivity contribution in [1.29, 1.82) is 0 Å². The summed E-state index contributed by atoms with van der Waals surface area (Å²) in [6.07, 6.45) is 0.700. The molecule has 3 rings (SSSR count). The van der Waals surface area contributed by atoms with Crippen LogP contribution in [-0.2, 0) is 14.6 Å². The lowest BCUT2D eigenvalue weighted by atomic mass is 10.1. The van der Waals surface area contributed by atoms with Crippen molar-refractivity contribution in [2.24, 2.45) is 0 Å². The van der Waals surface area contributed by atoms with Crippen molar-refractivity contribution in [3.05, 3.63) is 53.6 Å². The summed E-state index contributed by atoms with van der Waals surface area (Å²) in [7, 11) is 0.462. The molecule has 1 aromatic heterocycles. The standard InChI is InChI=1S/C23H29N3O3S2.ClH/c1-17-15-18(2)22-20(16-17)30-23(24-22)26(13-8-12-25(3)4)21(27)11-14-31(28,29)19-9-6-5-7-10-19;/h5-7,9-10,15-16H,8,11-14H2,1-4H3;1H. The number of anilines is 1. The number of rotatable bonds is 9. The van der Waals surface area contributed by atoms with Gasteiger partial charge in [0.05, 0.1) is 20.9 Å². The minimum Gasteiger partial charge on any atom is -0.309 e. The lowest BCUT2D eigenvalue weighted by Gasteiger charge is -2.21. The average Bonchev–Trinajstić information content (AvgIpc) is 3.14. The fourth-order valence-electron chi connectivity index (χ4n) is 3.45. The Bertz CT molecular complexity index is 1160. The second-order valence-electron chi connectivity index (χ2n) is 8.01. The number of benzene rings is 2. The number of sulfone groups is 1. The van der Waals surface area contributed by atoms with E-state index in [-0.39, 0.29) is 35.4 Å². The Kier molecular flexibility index (Phi) is 9.21. The smallest absolute Gasteiger partial charge is 0.229 e. The Balaban J connectivity index is 0.00000363. The molecular formula is C23H30ClN3O3S2. The predicted octanol–water partition coefficient (Wildman–Crippen LogP) is 4.48. The summed E-state index contributed by atoms with van der Waals surface area (Å²) in [5, 5.41) is 0.629. The van der Waals surface area contributed by atoms with Gasteiger partial charge < -0.3 is 4.90 Å². The van der Waals surface area contributed by atoms with E-state index in [0.29, 0.717) is 11.7 Å². The third-order valence-corrected chi connectivity index (χ3v) is 7.78. The van der Waals surface area contributed by atoms with Crippen LogP contribution in [0.4, 0.5) is 5.13 Å². The van der Waals surface area contributed by atoms with E-state index in [1.807, 2.05) is 27.9 Å². The number of hydrogen-bond acceptors (Lipinski definition) is 6. The maximum absolute atomic E-state index is 13.1. The molecule has 32 heavy (non-hydrogen) atoms. The topological polar surface area (TPSA) is 70.6 Å². The van der Waals surface area contributed by atoms with Crippen molar-refractivity contribution >= 4 is 54.8 Å². The predicted molar refractivity (Wildman–Crippen MR) is 135 cm³/mol. The van der Waals surface area contributed by atoms with Crippen LogP contribution < -0.4 is 4.90 Å². The molecule has 0 radical (unpaired) electrons. The van der Waals surface area contributed by atoms with Gasteiger partial charge in [0, 0.05) is 13.0 Å². The van der Waals surface area contributed by atoms with Gasteiger partial charge in [-0.25, -0.2) is 13.4 Å². The summed E-state index contributed by atoms with van der Waals surface area (Å²) in [5.74, 6) is -0.435. The lowest BCUT2D eigenvalue weighted by molar-refractivity contribution is -0.118. The van der Waals surface area contributed by atoms with E-state index in [9.17, 15) is 13.2 Å². The highest BCUT2D eigenvalue weighted by Gasteiger charge is 2.23. The molecule has 0 aliphatic heterocycles. The normalized spacial score (nSPS) is 11.5. The first-order valence-corrected chi connectivity index (χ1v) is 12.7. The first-order valence-electron chi connectivity index (χ1n) is 10.3. The van der Waals surface area contributed by atoms with E-state index in [0.717, 1.165) is 34.3 Å². The molecular weight excluding hydrogens is 466 g/mol. The first-order chi connectivity index (χ1) is 14.7. The summed E-state index contributed by atoms with van der Waals surface area (Å²) >= 11 is 1.48. The van der Waals surface area contributed by atoms with Crippen LogP contribution in [0.1, 0.15) is 24.0 Å².